The number of fused-ring (bicyclic) bond motifs is 2. The molecule has 2 fully saturated rings. The van der Waals surface area contributed by atoms with Gasteiger partial charge in [0.1, 0.15) is 11.4 Å². The zero-order valence-corrected chi connectivity index (χ0v) is 18.5. The maximum atomic E-state index is 13.9. The molecule has 2 heterocycles. The van der Waals surface area contributed by atoms with Crippen molar-refractivity contribution in [2.24, 2.45) is 0 Å². The van der Waals surface area contributed by atoms with E-state index in [-0.39, 0.29) is 5.91 Å². The lowest BCUT2D eigenvalue weighted by Gasteiger charge is -2.34. The average Bonchev–Trinajstić information content (AvgIpc) is 3.32. The van der Waals surface area contributed by atoms with Gasteiger partial charge in [-0.1, -0.05) is 36.4 Å². The van der Waals surface area contributed by atoms with Gasteiger partial charge in [-0.2, -0.15) is 0 Å². The highest BCUT2D eigenvalue weighted by Crippen LogP contribution is 2.42. The van der Waals surface area contributed by atoms with E-state index in [9.17, 15) is 14.0 Å². The van der Waals surface area contributed by atoms with E-state index in [2.05, 4.69) is 15.1 Å². The summed E-state index contributed by atoms with van der Waals surface area (Å²) in [6.07, 6.45) is 3.33. The molecule has 0 bridgehead atoms. The highest BCUT2D eigenvalue weighted by Gasteiger charge is 2.55. The van der Waals surface area contributed by atoms with E-state index in [1.54, 1.807) is 6.07 Å². The lowest BCUT2D eigenvalue weighted by molar-refractivity contribution is -0.131. The molecule has 2 aliphatic heterocycles. The van der Waals surface area contributed by atoms with E-state index >= 15 is 0 Å². The van der Waals surface area contributed by atoms with Crippen LogP contribution in [0.25, 0.3) is 4.85 Å². The predicted molar refractivity (Wildman–Crippen MR) is 122 cm³/mol. The van der Waals surface area contributed by atoms with Gasteiger partial charge in [0.15, 0.2) is 0 Å². The highest BCUT2D eigenvalue weighted by molar-refractivity contribution is 6.08. The number of nitrogens with one attached hydrogen (secondary N) is 1. The first-order valence-corrected chi connectivity index (χ1v) is 11.6. The van der Waals surface area contributed by atoms with Crippen LogP contribution in [0.3, 0.4) is 0 Å². The molecule has 5 rings (SSSR count). The summed E-state index contributed by atoms with van der Waals surface area (Å²) in [5.74, 6) is -0.668. The number of likely N-dealkylation sites (tertiary alicyclic amines) is 1. The van der Waals surface area contributed by atoms with Gasteiger partial charge in [0, 0.05) is 38.0 Å². The number of aryl methyl sites for hydroxylation is 1. The zero-order valence-electron chi connectivity index (χ0n) is 18.5. The summed E-state index contributed by atoms with van der Waals surface area (Å²) in [6.45, 7) is 10.5. The van der Waals surface area contributed by atoms with Crippen LogP contribution in [-0.2, 0) is 22.3 Å². The number of piperidine rings is 1. The van der Waals surface area contributed by atoms with Gasteiger partial charge < -0.3 is 15.1 Å². The minimum Gasteiger partial charge on any atom is -0.319 e. The number of nitrogens with zero attached hydrogens (tertiary/aromatic N) is 3. The number of hydrogen-bond donors (Lipinski definition) is 1. The Balaban J connectivity index is 1.18. The summed E-state index contributed by atoms with van der Waals surface area (Å²) < 4.78 is 13.9. The topological polar surface area (TPSA) is 57.0 Å². The summed E-state index contributed by atoms with van der Waals surface area (Å²) >= 11 is 0. The fraction of sp³-hybridized carbons (Fsp3) is 0.423. The molecule has 2 aromatic carbocycles. The van der Waals surface area contributed by atoms with E-state index in [4.69, 9.17) is 6.57 Å². The molecule has 6 nitrogen and oxygen atoms in total. The first-order valence-electron chi connectivity index (χ1n) is 11.6. The van der Waals surface area contributed by atoms with Crippen molar-refractivity contribution < 1.29 is 14.0 Å². The maximum Gasteiger partial charge on any atom is 0.325 e. The van der Waals surface area contributed by atoms with Crippen LogP contribution in [0.5, 0.6) is 0 Å². The molecule has 170 valence electrons. The van der Waals surface area contributed by atoms with E-state index in [0.29, 0.717) is 31.4 Å². The Hall–Kier alpha value is -3.24. The Morgan fingerprint density at radius 2 is 1.79 bits per heavy atom. The van der Waals surface area contributed by atoms with Gasteiger partial charge in [0.05, 0.1) is 0 Å². The van der Waals surface area contributed by atoms with Gasteiger partial charge in [-0.3, -0.25) is 9.69 Å². The normalized spacial score (nSPS) is 24.1. The number of carbonyl (C=O) groups is 2. The van der Waals surface area contributed by atoms with E-state index in [1.807, 2.05) is 30.3 Å². The second kappa shape index (κ2) is 8.27. The molecule has 3 amide bonds. The SMILES string of the molecule is [C-]#[N+]C1(c2ccccc2)CCN(CCCN2C(=O)NC3(CCc4ccc(F)cc43)C2=O)CC1. The molecule has 1 unspecified atom stereocenters. The Kier molecular flexibility index (Phi) is 5.41. The van der Waals surface area contributed by atoms with Gasteiger partial charge in [0.25, 0.3) is 11.4 Å². The summed E-state index contributed by atoms with van der Waals surface area (Å²) in [5.41, 5.74) is 1.01. The predicted octanol–water partition coefficient (Wildman–Crippen LogP) is 3.82. The van der Waals surface area contributed by atoms with E-state index < -0.39 is 22.9 Å². The van der Waals surface area contributed by atoms with Gasteiger partial charge in [0.2, 0.25) is 0 Å². The fourth-order valence-corrected chi connectivity index (χ4v) is 5.61. The minimum atomic E-state index is -1.12. The van der Waals surface area contributed by atoms with Crippen molar-refractivity contribution in [3.05, 3.63) is 82.5 Å². The molecule has 0 saturated carbocycles. The van der Waals surface area contributed by atoms with Crippen molar-refractivity contribution >= 4 is 11.9 Å². The smallest absolute Gasteiger partial charge is 0.319 e. The molecular formula is C26H27FN4O2. The fourth-order valence-electron chi connectivity index (χ4n) is 5.61. The molecule has 1 spiro atoms. The Labute approximate surface area is 193 Å². The van der Waals surface area contributed by atoms with Crippen molar-refractivity contribution in [2.45, 2.75) is 43.2 Å². The van der Waals surface area contributed by atoms with E-state index in [1.165, 1.54) is 17.0 Å². The number of urea groups is 1. The Morgan fingerprint density at radius 3 is 2.52 bits per heavy atom. The standard InChI is InChI=1S/C26H27FN4O2/c1-28-25(20-6-3-2-4-7-20)12-16-30(17-13-25)14-5-15-31-23(32)26(29-24(31)33)11-10-19-8-9-21(27)18-22(19)26/h2-4,6-9,18H,5,10-17H2,(H,29,33). The van der Waals surface area contributed by atoms with Crippen LogP contribution < -0.4 is 5.32 Å². The van der Waals surface area contributed by atoms with Gasteiger partial charge in [-0.25, -0.2) is 15.8 Å². The Morgan fingerprint density at radius 1 is 1.03 bits per heavy atom. The molecule has 1 atom stereocenters. The second-order valence-corrected chi connectivity index (χ2v) is 9.30. The van der Waals surface area contributed by atoms with Crippen LogP contribution in [-0.4, -0.2) is 47.9 Å². The maximum absolute atomic E-state index is 13.9. The Bertz CT molecular complexity index is 1120. The molecule has 2 aromatic rings. The first kappa shape index (κ1) is 21.6. The van der Waals surface area contributed by atoms with Crippen LogP contribution in [0.1, 0.15) is 42.4 Å². The zero-order chi connectivity index (χ0) is 23.1. The van der Waals surface area contributed by atoms with Crippen LogP contribution >= 0.6 is 0 Å². The number of hydrogen-bond acceptors (Lipinski definition) is 3. The van der Waals surface area contributed by atoms with Gasteiger partial charge in [-0.05, 0) is 49.1 Å². The van der Waals surface area contributed by atoms with Crippen molar-refractivity contribution in [1.82, 2.24) is 15.1 Å². The number of benzene rings is 2. The summed E-state index contributed by atoms with van der Waals surface area (Å²) in [6, 6.07) is 14.1. The lowest BCUT2D eigenvalue weighted by Crippen LogP contribution is -2.43. The monoisotopic (exact) mass is 446 g/mol. The van der Waals surface area contributed by atoms with Crippen LogP contribution in [0.15, 0.2) is 48.5 Å². The molecule has 0 aromatic heterocycles. The molecule has 1 aliphatic carbocycles. The molecule has 7 heteroatoms. The quantitative estimate of drug-likeness (QED) is 0.561. The molecule has 2 saturated heterocycles. The van der Waals surface area contributed by atoms with Crippen LogP contribution in [0, 0.1) is 12.4 Å². The van der Waals surface area contributed by atoms with Crippen LogP contribution in [0.2, 0.25) is 0 Å². The molecule has 33 heavy (non-hydrogen) atoms. The summed E-state index contributed by atoms with van der Waals surface area (Å²) in [5, 5.41) is 2.86. The van der Waals surface area contributed by atoms with Crippen LogP contribution in [0.4, 0.5) is 9.18 Å². The van der Waals surface area contributed by atoms with Crippen molar-refractivity contribution in [1.29, 1.82) is 0 Å². The van der Waals surface area contributed by atoms with E-state index in [0.717, 1.165) is 43.6 Å². The van der Waals surface area contributed by atoms with Gasteiger partial charge in [-0.15, -0.1) is 0 Å². The average molecular weight is 447 g/mol. The minimum absolute atomic E-state index is 0.272. The third kappa shape index (κ3) is 3.59. The number of carbonyl (C=O) groups excluding carboxylic acids is 2. The molecule has 3 aliphatic rings. The number of amides is 3. The summed E-state index contributed by atoms with van der Waals surface area (Å²) in [7, 11) is 0. The molecular weight excluding hydrogens is 419 g/mol. The van der Waals surface area contributed by atoms with Crippen molar-refractivity contribution in [3.63, 3.8) is 0 Å². The summed E-state index contributed by atoms with van der Waals surface area (Å²) in [4.78, 5) is 33.5. The third-order valence-electron chi connectivity index (χ3n) is 7.54. The lowest BCUT2D eigenvalue weighted by atomic mass is 9.81. The highest BCUT2D eigenvalue weighted by atomic mass is 19.1. The number of rotatable bonds is 5. The van der Waals surface area contributed by atoms with Crippen molar-refractivity contribution in [2.75, 3.05) is 26.2 Å². The number of halogens is 1. The third-order valence-corrected chi connectivity index (χ3v) is 7.54. The number of imide groups is 1. The molecule has 0 radical (unpaired) electrons. The largest absolute Gasteiger partial charge is 0.325 e. The first-order chi connectivity index (χ1) is 16.0. The van der Waals surface area contributed by atoms with Gasteiger partial charge >= 0.3 is 6.03 Å². The molecule has 1 N–H and O–H groups in total. The van der Waals surface area contributed by atoms with Crippen molar-refractivity contribution in [3.8, 4) is 0 Å². The second-order valence-electron chi connectivity index (χ2n) is 9.30.